The lowest BCUT2D eigenvalue weighted by Gasteiger charge is -2.36. The van der Waals surface area contributed by atoms with Gasteiger partial charge < -0.3 is 14.5 Å². The van der Waals surface area contributed by atoms with Crippen molar-refractivity contribution >= 4 is 12.4 Å². The minimum Gasteiger partial charge on any atom is -0.462 e. The number of nitrogens with zero attached hydrogens (tertiary/aromatic N) is 2. The molecule has 0 radical (unpaired) electrons. The summed E-state index contributed by atoms with van der Waals surface area (Å²) in [5.41, 5.74) is -0.318. The Hall–Kier alpha value is -1.10. The normalized spacial score (nSPS) is 14.9. The van der Waals surface area contributed by atoms with Crippen LogP contribution in [0.4, 0.5) is 0 Å². The second-order valence-electron chi connectivity index (χ2n) is 5.48. The molecule has 0 bridgehead atoms. The van der Waals surface area contributed by atoms with Crippen molar-refractivity contribution in [1.29, 1.82) is 0 Å². The van der Waals surface area contributed by atoms with Gasteiger partial charge in [-0.1, -0.05) is 13.8 Å². The van der Waals surface area contributed by atoms with E-state index < -0.39 is 0 Å². The predicted octanol–water partition coefficient (Wildman–Crippen LogP) is 1.62. The van der Waals surface area contributed by atoms with Crippen molar-refractivity contribution in [3.05, 3.63) is 0 Å². The van der Waals surface area contributed by atoms with Crippen LogP contribution in [0.15, 0.2) is 0 Å². The Morgan fingerprint density at radius 1 is 1.26 bits per heavy atom. The van der Waals surface area contributed by atoms with Crippen LogP contribution in [-0.4, -0.2) is 62.0 Å². The maximum absolute atomic E-state index is 11.2. The molecule has 0 unspecified atom stereocenters. The van der Waals surface area contributed by atoms with E-state index in [1.807, 2.05) is 41.7 Å². The molecule has 0 saturated carbocycles. The highest BCUT2D eigenvalue weighted by molar-refractivity contribution is 5.79. The fraction of sp³-hybridized carbons (Fsp3) is 0.857. The summed E-state index contributed by atoms with van der Waals surface area (Å²) in [5, 5.41) is 0. The molecule has 0 aromatic carbocycles. The summed E-state index contributed by atoms with van der Waals surface area (Å²) in [6.07, 6.45) is 0. The van der Waals surface area contributed by atoms with Crippen molar-refractivity contribution in [3.63, 3.8) is 0 Å². The number of rotatable bonds is 2. The minimum atomic E-state index is -0.318. The molecule has 1 amide bonds. The zero-order valence-electron chi connectivity index (χ0n) is 13.7. The summed E-state index contributed by atoms with van der Waals surface area (Å²) in [6, 6.07) is 0. The Morgan fingerprint density at radius 3 is 1.84 bits per heavy atom. The van der Waals surface area contributed by atoms with Gasteiger partial charge in [0.1, 0.15) is 5.60 Å². The average molecular weight is 274 g/mol. The largest absolute Gasteiger partial charge is 0.462 e. The van der Waals surface area contributed by atoms with E-state index in [1.54, 1.807) is 19.0 Å². The van der Waals surface area contributed by atoms with Crippen molar-refractivity contribution in [3.8, 4) is 0 Å². The Balaban J connectivity index is 0. The summed E-state index contributed by atoms with van der Waals surface area (Å²) in [6.45, 7) is 11.8. The van der Waals surface area contributed by atoms with Crippen molar-refractivity contribution in [2.45, 2.75) is 40.2 Å². The Kier molecular flexibility index (Phi) is 10.4. The Morgan fingerprint density at radius 2 is 1.68 bits per heavy atom. The van der Waals surface area contributed by atoms with Crippen LogP contribution in [0.1, 0.15) is 34.6 Å². The van der Waals surface area contributed by atoms with Crippen molar-refractivity contribution in [2.24, 2.45) is 5.92 Å². The summed E-state index contributed by atoms with van der Waals surface area (Å²) in [4.78, 5) is 24.6. The second kappa shape index (κ2) is 9.78. The number of amides is 1. The van der Waals surface area contributed by atoms with Crippen molar-refractivity contribution < 1.29 is 14.3 Å². The number of carbonyl (C=O) groups excluding carboxylic acids is 2. The lowest BCUT2D eigenvalue weighted by molar-refractivity contribution is -0.139. The number of ether oxygens (including phenoxy) is 1. The van der Waals surface area contributed by atoms with E-state index in [0.717, 1.165) is 13.1 Å². The fourth-order valence-corrected chi connectivity index (χ4v) is 1.36. The van der Waals surface area contributed by atoms with Gasteiger partial charge in [-0.3, -0.25) is 9.59 Å². The lowest BCUT2D eigenvalue weighted by atomic mass is 10.0. The van der Waals surface area contributed by atoms with Crippen LogP contribution < -0.4 is 0 Å². The topological polar surface area (TPSA) is 49.9 Å². The first-order valence-electron chi connectivity index (χ1n) is 6.68. The van der Waals surface area contributed by atoms with Gasteiger partial charge in [-0.15, -0.1) is 0 Å². The molecule has 0 aromatic heterocycles. The summed E-state index contributed by atoms with van der Waals surface area (Å²) < 4.78 is 4.55. The lowest BCUT2D eigenvalue weighted by Crippen LogP contribution is -2.51. The monoisotopic (exact) mass is 274 g/mol. The molecule has 1 aliphatic rings. The molecule has 19 heavy (non-hydrogen) atoms. The SMILES string of the molecule is CC.CC(C)(C)OC=O.CN1CC(C(=O)N(C)C)C1. The molecule has 0 atom stereocenters. The standard InChI is InChI=1S/C7H14N2O.C5H10O2.C2H6/c1-8(2)7(10)6-4-9(3)5-6;1-5(2,3)7-4-6;1-2/h6H,4-5H2,1-3H3;4H,1-3H3;1-2H3. The first-order chi connectivity index (χ1) is 8.67. The molecule has 114 valence electrons. The van der Waals surface area contributed by atoms with E-state index in [9.17, 15) is 9.59 Å². The van der Waals surface area contributed by atoms with Gasteiger partial charge in [0, 0.05) is 27.2 Å². The van der Waals surface area contributed by atoms with Gasteiger partial charge in [0.15, 0.2) is 0 Å². The molecule has 1 rings (SSSR count). The number of carbonyl (C=O) groups is 2. The predicted molar refractivity (Wildman–Crippen MR) is 77.9 cm³/mol. The molecule has 5 nitrogen and oxygen atoms in total. The second-order valence-corrected chi connectivity index (χ2v) is 5.48. The molecule has 5 heteroatoms. The molecule has 1 fully saturated rings. The Labute approximate surface area is 117 Å². The van der Waals surface area contributed by atoms with Gasteiger partial charge >= 0.3 is 0 Å². The van der Waals surface area contributed by atoms with Gasteiger partial charge in [0.05, 0.1) is 5.92 Å². The first-order valence-corrected chi connectivity index (χ1v) is 6.68. The molecule has 0 aromatic rings. The van der Waals surface area contributed by atoms with Gasteiger partial charge in [-0.25, -0.2) is 0 Å². The summed E-state index contributed by atoms with van der Waals surface area (Å²) in [5.74, 6) is 0.526. The van der Waals surface area contributed by atoms with Gasteiger partial charge in [-0.2, -0.15) is 0 Å². The number of hydrogen-bond acceptors (Lipinski definition) is 4. The van der Waals surface area contributed by atoms with Crippen LogP contribution in [0.5, 0.6) is 0 Å². The van der Waals surface area contributed by atoms with Crippen LogP contribution in [-0.2, 0) is 14.3 Å². The van der Waals surface area contributed by atoms with E-state index in [4.69, 9.17) is 0 Å². The van der Waals surface area contributed by atoms with Crippen LogP contribution in [0, 0.1) is 5.92 Å². The van der Waals surface area contributed by atoms with E-state index >= 15 is 0 Å². The minimum absolute atomic E-state index is 0.262. The summed E-state index contributed by atoms with van der Waals surface area (Å²) >= 11 is 0. The zero-order valence-corrected chi connectivity index (χ0v) is 13.7. The quantitative estimate of drug-likeness (QED) is 0.718. The molecule has 0 spiro atoms. The molecule has 1 heterocycles. The van der Waals surface area contributed by atoms with Crippen molar-refractivity contribution in [1.82, 2.24) is 9.80 Å². The number of hydrogen-bond donors (Lipinski definition) is 0. The molecular formula is C14H30N2O3. The van der Waals surface area contributed by atoms with E-state index in [2.05, 4.69) is 9.64 Å². The van der Waals surface area contributed by atoms with Gasteiger partial charge in [0.2, 0.25) is 5.91 Å². The maximum atomic E-state index is 11.2. The van der Waals surface area contributed by atoms with E-state index in [1.165, 1.54) is 0 Å². The van der Waals surface area contributed by atoms with Crippen LogP contribution in [0.25, 0.3) is 0 Å². The zero-order chi connectivity index (χ0) is 15.6. The maximum Gasteiger partial charge on any atom is 0.293 e. The van der Waals surface area contributed by atoms with Crippen LogP contribution in [0.3, 0.4) is 0 Å². The third kappa shape index (κ3) is 10.5. The van der Waals surface area contributed by atoms with E-state index in [-0.39, 0.29) is 17.4 Å². The third-order valence-electron chi connectivity index (χ3n) is 2.26. The third-order valence-corrected chi connectivity index (χ3v) is 2.26. The molecular weight excluding hydrogens is 244 g/mol. The average Bonchev–Trinajstić information content (AvgIpc) is 2.26. The molecule has 1 saturated heterocycles. The highest BCUT2D eigenvalue weighted by Crippen LogP contribution is 2.13. The summed E-state index contributed by atoms with van der Waals surface area (Å²) in [7, 11) is 5.64. The smallest absolute Gasteiger partial charge is 0.293 e. The van der Waals surface area contributed by atoms with Crippen molar-refractivity contribution in [2.75, 3.05) is 34.2 Å². The molecule has 1 aliphatic heterocycles. The number of likely N-dealkylation sites (tertiary alicyclic amines) is 1. The highest BCUT2D eigenvalue weighted by Gasteiger charge is 2.30. The van der Waals surface area contributed by atoms with Crippen LogP contribution >= 0.6 is 0 Å². The Bertz CT molecular complexity index is 254. The van der Waals surface area contributed by atoms with Crippen LogP contribution in [0.2, 0.25) is 0 Å². The highest BCUT2D eigenvalue weighted by atomic mass is 16.5. The molecule has 0 aliphatic carbocycles. The van der Waals surface area contributed by atoms with Gasteiger partial charge in [0.25, 0.3) is 6.47 Å². The molecule has 0 N–H and O–H groups in total. The fourth-order valence-electron chi connectivity index (χ4n) is 1.36. The van der Waals surface area contributed by atoms with Gasteiger partial charge in [-0.05, 0) is 27.8 Å². The first kappa shape index (κ1) is 20.2. The van der Waals surface area contributed by atoms with E-state index in [0.29, 0.717) is 6.47 Å².